The van der Waals surface area contributed by atoms with Crippen molar-refractivity contribution < 1.29 is 18.9 Å². The van der Waals surface area contributed by atoms with Gasteiger partial charge in [0, 0.05) is 0 Å². The van der Waals surface area contributed by atoms with Gasteiger partial charge in [0.1, 0.15) is 12.2 Å². The first-order chi connectivity index (χ1) is 11.3. The highest BCUT2D eigenvalue weighted by atomic mass is 17.0. The fraction of sp³-hybridized carbons (Fsp3) is 0.368. The zero-order chi connectivity index (χ0) is 16.1. The normalized spacial score (nSPS) is 23.0. The lowest BCUT2D eigenvalue weighted by molar-refractivity contribution is -0.469. The van der Waals surface area contributed by atoms with E-state index >= 15 is 0 Å². The molecule has 0 saturated carbocycles. The maximum absolute atomic E-state index is 6.12. The van der Waals surface area contributed by atoms with E-state index in [1.807, 2.05) is 74.5 Å². The molecule has 1 aliphatic heterocycles. The van der Waals surface area contributed by atoms with Crippen molar-refractivity contribution in [1.82, 2.24) is 0 Å². The highest BCUT2D eigenvalue weighted by Gasteiger charge is 2.51. The highest BCUT2D eigenvalue weighted by molar-refractivity contribution is 5.26. The van der Waals surface area contributed by atoms with Gasteiger partial charge in [0.2, 0.25) is 0 Å². The van der Waals surface area contributed by atoms with Crippen LogP contribution in [0.15, 0.2) is 60.7 Å². The molecular weight excluding hydrogens is 292 g/mol. The first-order valence-electron chi connectivity index (χ1n) is 8.01. The molecule has 0 bridgehead atoms. The minimum Gasteiger partial charge on any atom is -0.304 e. The summed E-state index contributed by atoms with van der Waals surface area (Å²) < 4.78 is 23.6. The molecule has 1 aliphatic rings. The lowest BCUT2D eigenvalue weighted by atomic mass is 9.99. The van der Waals surface area contributed by atoms with Gasteiger partial charge in [0.05, 0.1) is 13.2 Å². The second kappa shape index (κ2) is 7.23. The minimum absolute atomic E-state index is 0.295. The van der Waals surface area contributed by atoms with Gasteiger partial charge in [-0.2, -0.15) is 0 Å². The molecule has 0 unspecified atom stereocenters. The van der Waals surface area contributed by atoms with Gasteiger partial charge in [0.15, 0.2) is 0 Å². The quantitative estimate of drug-likeness (QED) is 0.749. The Balaban J connectivity index is 1.96. The molecule has 4 nitrogen and oxygen atoms in total. The second-order valence-corrected chi connectivity index (χ2v) is 5.26. The summed E-state index contributed by atoms with van der Waals surface area (Å²) >= 11 is 0. The Morgan fingerprint density at radius 3 is 1.48 bits per heavy atom. The SMILES string of the molecule is CCOC1(OCC)O[C@H](c2ccccc2)[C@H](c2ccccc2)O1. The van der Waals surface area contributed by atoms with Crippen molar-refractivity contribution in [3.05, 3.63) is 71.8 Å². The standard InChI is InChI=1S/C19H22O4/c1-3-20-19(21-4-2)22-17(15-11-7-5-8-12-15)18(23-19)16-13-9-6-10-14-16/h5-14,17-18H,3-4H2,1-2H3/t17-,18+. The molecule has 0 radical (unpaired) electrons. The molecule has 0 amide bonds. The Morgan fingerprint density at radius 2 is 1.13 bits per heavy atom. The average molecular weight is 314 g/mol. The topological polar surface area (TPSA) is 36.9 Å². The first kappa shape index (κ1) is 16.1. The summed E-state index contributed by atoms with van der Waals surface area (Å²) in [5.41, 5.74) is 2.06. The largest absolute Gasteiger partial charge is 0.414 e. The third kappa shape index (κ3) is 3.46. The summed E-state index contributed by atoms with van der Waals surface area (Å²) in [6.45, 7) is 4.65. The van der Waals surface area contributed by atoms with Gasteiger partial charge in [-0.1, -0.05) is 60.7 Å². The number of rotatable bonds is 6. The van der Waals surface area contributed by atoms with E-state index < -0.39 is 6.16 Å². The summed E-state index contributed by atoms with van der Waals surface area (Å²) in [5, 5.41) is 0. The van der Waals surface area contributed by atoms with Crippen LogP contribution in [0.1, 0.15) is 37.2 Å². The predicted molar refractivity (Wildman–Crippen MR) is 86.5 cm³/mol. The Morgan fingerprint density at radius 1 is 0.739 bits per heavy atom. The van der Waals surface area contributed by atoms with E-state index in [0.717, 1.165) is 11.1 Å². The maximum atomic E-state index is 6.12. The van der Waals surface area contributed by atoms with E-state index in [1.54, 1.807) is 0 Å². The van der Waals surface area contributed by atoms with Gasteiger partial charge in [-0.05, 0) is 25.0 Å². The van der Waals surface area contributed by atoms with Gasteiger partial charge >= 0.3 is 6.16 Å². The van der Waals surface area contributed by atoms with E-state index in [2.05, 4.69) is 0 Å². The predicted octanol–water partition coefficient (Wildman–Crippen LogP) is 4.20. The van der Waals surface area contributed by atoms with Crippen molar-refractivity contribution in [3.63, 3.8) is 0 Å². The fourth-order valence-corrected chi connectivity index (χ4v) is 2.76. The average Bonchev–Trinajstić information content (AvgIpc) is 2.97. The van der Waals surface area contributed by atoms with Crippen LogP contribution in [0.25, 0.3) is 0 Å². The van der Waals surface area contributed by atoms with Crippen LogP contribution in [0.5, 0.6) is 0 Å². The van der Waals surface area contributed by atoms with Crippen molar-refractivity contribution in [2.45, 2.75) is 32.2 Å². The zero-order valence-electron chi connectivity index (χ0n) is 13.5. The van der Waals surface area contributed by atoms with Gasteiger partial charge in [-0.15, -0.1) is 0 Å². The highest BCUT2D eigenvalue weighted by Crippen LogP contribution is 2.48. The molecule has 1 heterocycles. The summed E-state index contributed by atoms with van der Waals surface area (Å²) in [7, 11) is 0. The van der Waals surface area contributed by atoms with Crippen molar-refractivity contribution in [2.24, 2.45) is 0 Å². The number of benzene rings is 2. The third-order valence-electron chi connectivity index (χ3n) is 3.72. The molecule has 3 rings (SSSR count). The van der Waals surface area contributed by atoms with E-state index in [4.69, 9.17) is 18.9 Å². The van der Waals surface area contributed by atoms with Gasteiger partial charge in [-0.25, -0.2) is 0 Å². The van der Waals surface area contributed by atoms with Crippen LogP contribution < -0.4 is 0 Å². The molecule has 1 fully saturated rings. The third-order valence-corrected chi connectivity index (χ3v) is 3.72. The minimum atomic E-state index is -1.45. The molecule has 0 aromatic heterocycles. The smallest absolute Gasteiger partial charge is 0.304 e. The van der Waals surface area contributed by atoms with Crippen LogP contribution in [0.4, 0.5) is 0 Å². The van der Waals surface area contributed by atoms with Crippen LogP contribution in [0.3, 0.4) is 0 Å². The van der Waals surface area contributed by atoms with Gasteiger partial charge in [0.25, 0.3) is 0 Å². The van der Waals surface area contributed by atoms with Crippen molar-refractivity contribution in [3.8, 4) is 0 Å². The van der Waals surface area contributed by atoms with Crippen LogP contribution in [0, 0.1) is 0 Å². The number of hydrogen-bond acceptors (Lipinski definition) is 4. The molecule has 2 aromatic rings. The fourth-order valence-electron chi connectivity index (χ4n) is 2.76. The van der Waals surface area contributed by atoms with Crippen LogP contribution in [-0.4, -0.2) is 19.4 Å². The second-order valence-electron chi connectivity index (χ2n) is 5.26. The van der Waals surface area contributed by atoms with E-state index in [0.29, 0.717) is 13.2 Å². The van der Waals surface area contributed by atoms with Crippen molar-refractivity contribution >= 4 is 0 Å². The lowest BCUT2D eigenvalue weighted by Gasteiger charge is -2.25. The molecule has 2 atom stereocenters. The molecule has 2 aromatic carbocycles. The van der Waals surface area contributed by atoms with E-state index in [-0.39, 0.29) is 12.2 Å². The summed E-state index contributed by atoms with van der Waals surface area (Å²) in [6.07, 6.45) is -2.04. The van der Waals surface area contributed by atoms with Gasteiger partial charge < -0.3 is 9.47 Å². The number of hydrogen-bond donors (Lipinski definition) is 0. The van der Waals surface area contributed by atoms with E-state index in [9.17, 15) is 0 Å². The Labute approximate surface area is 136 Å². The van der Waals surface area contributed by atoms with Crippen LogP contribution in [0.2, 0.25) is 0 Å². The van der Waals surface area contributed by atoms with Gasteiger partial charge in [-0.3, -0.25) is 9.47 Å². The molecule has 0 N–H and O–H groups in total. The van der Waals surface area contributed by atoms with Crippen LogP contribution in [-0.2, 0) is 18.9 Å². The Bertz CT molecular complexity index is 544. The number of ether oxygens (including phenoxy) is 4. The first-order valence-corrected chi connectivity index (χ1v) is 8.01. The van der Waals surface area contributed by atoms with Crippen LogP contribution >= 0.6 is 0 Å². The molecule has 122 valence electrons. The van der Waals surface area contributed by atoms with Crippen molar-refractivity contribution in [2.75, 3.05) is 13.2 Å². The molecule has 23 heavy (non-hydrogen) atoms. The Kier molecular flexibility index (Phi) is 5.08. The lowest BCUT2D eigenvalue weighted by Crippen LogP contribution is -2.37. The molecule has 1 saturated heterocycles. The summed E-state index contributed by atoms with van der Waals surface area (Å²) in [5.74, 6) is 0. The van der Waals surface area contributed by atoms with Crippen molar-refractivity contribution in [1.29, 1.82) is 0 Å². The Hall–Kier alpha value is -1.72. The summed E-state index contributed by atoms with van der Waals surface area (Å²) in [4.78, 5) is 0. The molecular formula is C19H22O4. The van der Waals surface area contributed by atoms with E-state index in [1.165, 1.54) is 0 Å². The zero-order valence-corrected chi connectivity index (χ0v) is 13.5. The molecule has 4 heteroatoms. The molecule has 0 aliphatic carbocycles. The maximum Gasteiger partial charge on any atom is 0.414 e. The monoisotopic (exact) mass is 314 g/mol. The summed E-state index contributed by atoms with van der Waals surface area (Å²) in [6, 6.07) is 20.0. The molecule has 0 spiro atoms.